The topological polar surface area (TPSA) is 12.0 Å². The minimum atomic E-state index is 0.404. The maximum Gasteiger partial charge on any atom is 0.0406 e. The molecule has 1 fully saturated rings. The van der Waals surface area contributed by atoms with Gasteiger partial charge >= 0.3 is 0 Å². The summed E-state index contributed by atoms with van der Waals surface area (Å²) in [4.78, 5) is 1.40. The lowest BCUT2D eigenvalue weighted by Crippen LogP contribution is -2.25. The van der Waals surface area contributed by atoms with E-state index in [4.69, 9.17) is 11.6 Å². The summed E-state index contributed by atoms with van der Waals surface area (Å²) in [5.41, 5.74) is 1.36. The van der Waals surface area contributed by atoms with Crippen molar-refractivity contribution < 1.29 is 0 Å². The zero-order valence-electron chi connectivity index (χ0n) is 11.0. The third-order valence-corrected chi connectivity index (χ3v) is 5.03. The molecule has 19 heavy (non-hydrogen) atoms. The van der Waals surface area contributed by atoms with E-state index < -0.39 is 0 Å². The molecule has 1 aromatic heterocycles. The number of halogens is 1. The Hall–Kier alpha value is -0.830. The largest absolute Gasteiger partial charge is 0.302 e. The summed E-state index contributed by atoms with van der Waals surface area (Å²) < 4.78 is 0. The van der Waals surface area contributed by atoms with Crippen LogP contribution in [0.5, 0.6) is 0 Å². The molecule has 1 heterocycles. The maximum absolute atomic E-state index is 5.98. The summed E-state index contributed by atoms with van der Waals surface area (Å²) in [5, 5.41) is 6.74. The fourth-order valence-corrected chi connectivity index (χ4v) is 3.36. The summed E-state index contributed by atoms with van der Waals surface area (Å²) in [5.74, 6) is 0.781. The van der Waals surface area contributed by atoms with Crippen LogP contribution in [0.25, 0.3) is 0 Å². The van der Waals surface area contributed by atoms with Crippen molar-refractivity contribution in [3.05, 3.63) is 57.2 Å². The lowest BCUT2D eigenvalue weighted by molar-refractivity contribution is 0.431. The van der Waals surface area contributed by atoms with Gasteiger partial charge in [-0.1, -0.05) is 29.8 Å². The second-order valence-electron chi connectivity index (χ2n) is 5.27. The van der Waals surface area contributed by atoms with Gasteiger partial charge in [-0.15, -0.1) is 11.3 Å². The predicted molar refractivity (Wildman–Crippen MR) is 82.8 cm³/mol. The smallest absolute Gasteiger partial charge is 0.0406 e. The SMILES string of the molecule is CC(NC(c1ccc(Cl)cc1)C1CC1)c1cccs1. The van der Waals surface area contributed by atoms with Crippen molar-refractivity contribution in [1.82, 2.24) is 5.32 Å². The van der Waals surface area contributed by atoms with Crippen molar-refractivity contribution >= 4 is 22.9 Å². The van der Waals surface area contributed by atoms with Gasteiger partial charge in [0.05, 0.1) is 0 Å². The van der Waals surface area contributed by atoms with Crippen LogP contribution in [0.3, 0.4) is 0 Å². The summed E-state index contributed by atoms with van der Waals surface area (Å²) in [6.07, 6.45) is 2.66. The average Bonchev–Trinajstić information content (AvgIpc) is 3.10. The Labute approximate surface area is 123 Å². The number of benzene rings is 1. The van der Waals surface area contributed by atoms with E-state index in [1.54, 1.807) is 0 Å². The first-order valence-electron chi connectivity index (χ1n) is 6.79. The highest BCUT2D eigenvalue weighted by molar-refractivity contribution is 7.10. The molecule has 0 saturated heterocycles. The first-order chi connectivity index (χ1) is 9.24. The van der Waals surface area contributed by atoms with Gasteiger partial charge in [-0.2, -0.15) is 0 Å². The van der Waals surface area contributed by atoms with Crippen LogP contribution in [0.15, 0.2) is 41.8 Å². The second kappa shape index (κ2) is 5.66. The molecule has 1 N–H and O–H groups in total. The minimum Gasteiger partial charge on any atom is -0.302 e. The van der Waals surface area contributed by atoms with Crippen LogP contribution in [-0.2, 0) is 0 Å². The molecule has 3 heteroatoms. The third-order valence-electron chi connectivity index (χ3n) is 3.72. The quantitative estimate of drug-likeness (QED) is 0.798. The molecule has 1 aromatic carbocycles. The van der Waals surface area contributed by atoms with Gasteiger partial charge < -0.3 is 5.32 Å². The van der Waals surface area contributed by atoms with Crippen LogP contribution < -0.4 is 5.32 Å². The molecule has 2 aromatic rings. The molecular formula is C16H18ClNS. The Balaban J connectivity index is 1.76. The van der Waals surface area contributed by atoms with Crippen molar-refractivity contribution in [2.75, 3.05) is 0 Å². The van der Waals surface area contributed by atoms with Gasteiger partial charge in [0.15, 0.2) is 0 Å². The van der Waals surface area contributed by atoms with E-state index in [0.717, 1.165) is 10.9 Å². The zero-order chi connectivity index (χ0) is 13.2. The first-order valence-corrected chi connectivity index (χ1v) is 8.05. The number of hydrogen-bond acceptors (Lipinski definition) is 2. The predicted octanol–water partition coefficient (Wildman–Crippen LogP) is 5.20. The third kappa shape index (κ3) is 3.19. The van der Waals surface area contributed by atoms with E-state index in [9.17, 15) is 0 Å². The molecular weight excluding hydrogens is 274 g/mol. The molecule has 1 saturated carbocycles. The highest BCUT2D eigenvalue weighted by Gasteiger charge is 2.33. The molecule has 1 aliphatic rings. The van der Waals surface area contributed by atoms with Crippen LogP contribution >= 0.6 is 22.9 Å². The van der Waals surface area contributed by atoms with E-state index in [2.05, 4.69) is 41.9 Å². The summed E-state index contributed by atoms with van der Waals surface area (Å²) >= 11 is 7.80. The fourth-order valence-electron chi connectivity index (χ4n) is 2.49. The van der Waals surface area contributed by atoms with Crippen molar-refractivity contribution in [2.24, 2.45) is 5.92 Å². The van der Waals surface area contributed by atoms with E-state index in [0.29, 0.717) is 12.1 Å². The van der Waals surface area contributed by atoms with Gasteiger partial charge in [0.2, 0.25) is 0 Å². The van der Waals surface area contributed by atoms with Gasteiger partial charge in [0.25, 0.3) is 0 Å². The van der Waals surface area contributed by atoms with Crippen LogP contribution in [0, 0.1) is 5.92 Å². The van der Waals surface area contributed by atoms with Gasteiger partial charge in [0, 0.05) is 22.0 Å². The number of nitrogens with one attached hydrogen (secondary N) is 1. The highest BCUT2D eigenvalue weighted by atomic mass is 35.5. The molecule has 0 spiro atoms. The Morgan fingerprint density at radius 3 is 2.53 bits per heavy atom. The zero-order valence-corrected chi connectivity index (χ0v) is 12.5. The Kier molecular flexibility index (Phi) is 3.92. The normalized spacial score (nSPS) is 18.2. The van der Waals surface area contributed by atoms with Gasteiger partial charge in [0.1, 0.15) is 0 Å². The van der Waals surface area contributed by atoms with E-state index in [-0.39, 0.29) is 0 Å². The molecule has 2 unspecified atom stereocenters. The highest BCUT2D eigenvalue weighted by Crippen LogP contribution is 2.42. The molecule has 100 valence electrons. The lowest BCUT2D eigenvalue weighted by Gasteiger charge is -2.23. The van der Waals surface area contributed by atoms with Crippen molar-refractivity contribution in [3.8, 4) is 0 Å². The Bertz CT molecular complexity index is 516. The lowest BCUT2D eigenvalue weighted by atomic mass is 10.0. The Morgan fingerprint density at radius 1 is 1.21 bits per heavy atom. The molecule has 1 aliphatic carbocycles. The van der Waals surface area contributed by atoms with Gasteiger partial charge in [-0.05, 0) is 54.8 Å². The minimum absolute atomic E-state index is 0.404. The first kappa shape index (κ1) is 13.2. The van der Waals surface area contributed by atoms with Gasteiger partial charge in [-0.25, -0.2) is 0 Å². The molecule has 2 atom stereocenters. The average molecular weight is 292 g/mol. The van der Waals surface area contributed by atoms with Crippen LogP contribution in [0.1, 0.15) is 42.3 Å². The van der Waals surface area contributed by atoms with E-state index >= 15 is 0 Å². The summed E-state index contributed by atoms with van der Waals surface area (Å²) in [6, 6.07) is 13.5. The standard InChI is InChI=1S/C16H18ClNS/c1-11(15-3-2-10-19-15)18-16(12-4-5-12)13-6-8-14(17)9-7-13/h2-3,6-12,16,18H,4-5H2,1H3. The monoisotopic (exact) mass is 291 g/mol. The van der Waals surface area contributed by atoms with E-state index in [1.807, 2.05) is 23.5 Å². The van der Waals surface area contributed by atoms with Crippen LogP contribution in [0.2, 0.25) is 5.02 Å². The second-order valence-corrected chi connectivity index (χ2v) is 6.69. The van der Waals surface area contributed by atoms with Gasteiger partial charge in [-0.3, -0.25) is 0 Å². The molecule has 0 aliphatic heterocycles. The molecule has 0 bridgehead atoms. The number of rotatable bonds is 5. The van der Waals surface area contributed by atoms with Crippen LogP contribution in [0.4, 0.5) is 0 Å². The number of thiophene rings is 1. The van der Waals surface area contributed by atoms with Crippen molar-refractivity contribution in [2.45, 2.75) is 31.8 Å². The molecule has 0 amide bonds. The molecule has 0 radical (unpaired) electrons. The van der Waals surface area contributed by atoms with Crippen molar-refractivity contribution in [1.29, 1.82) is 0 Å². The Morgan fingerprint density at radius 2 is 1.95 bits per heavy atom. The summed E-state index contributed by atoms with van der Waals surface area (Å²) in [6.45, 7) is 2.25. The molecule has 1 nitrogen and oxygen atoms in total. The van der Waals surface area contributed by atoms with Crippen LogP contribution in [-0.4, -0.2) is 0 Å². The number of hydrogen-bond donors (Lipinski definition) is 1. The molecule has 3 rings (SSSR count). The van der Waals surface area contributed by atoms with E-state index in [1.165, 1.54) is 23.3 Å². The summed E-state index contributed by atoms with van der Waals surface area (Å²) in [7, 11) is 0. The fraction of sp³-hybridized carbons (Fsp3) is 0.375. The van der Waals surface area contributed by atoms with Crippen molar-refractivity contribution in [3.63, 3.8) is 0 Å². The maximum atomic E-state index is 5.98.